The monoisotopic (exact) mass is 495 g/mol. The van der Waals surface area contributed by atoms with Crippen LogP contribution in [-0.2, 0) is 6.18 Å². The topological polar surface area (TPSA) is 102 Å². The third-order valence-electron chi connectivity index (χ3n) is 5.71. The minimum absolute atomic E-state index is 0.0710. The summed E-state index contributed by atoms with van der Waals surface area (Å²) in [6, 6.07) is 5.08. The highest BCUT2D eigenvalue weighted by Crippen LogP contribution is 2.36. The number of carboxylic acid groups (broad SMARTS) is 1. The van der Waals surface area contributed by atoms with Crippen LogP contribution >= 0.6 is 11.6 Å². The van der Waals surface area contributed by atoms with Gasteiger partial charge in [0.15, 0.2) is 10.9 Å². The molecule has 0 unspecified atom stereocenters. The summed E-state index contributed by atoms with van der Waals surface area (Å²) >= 11 is 6.26. The Balaban J connectivity index is 1.52. The lowest BCUT2D eigenvalue weighted by Crippen LogP contribution is -2.37. The largest absolute Gasteiger partial charge is 0.488 e. The van der Waals surface area contributed by atoms with E-state index in [1.165, 1.54) is 36.9 Å². The lowest BCUT2D eigenvalue weighted by Gasteiger charge is -2.28. The van der Waals surface area contributed by atoms with Crippen LogP contribution in [0.2, 0.25) is 5.15 Å². The Bertz CT molecular complexity index is 1160. The van der Waals surface area contributed by atoms with E-state index in [9.17, 15) is 18.0 Å². The molecule has 180 valence electrons. The summed E-state index contributed by atoms with van der Waals surface area (Å²) in [4.78, 5) is 19.0. The molecule has 2 N–H and O–H groups in total. The fourth-order valence-electron chi connectivity index (χ4n) is 4.03. The fraction of sp³-hybridized carbons (Fsp3) is 0.364. The molecule has 0 bridgehead atoms. The Morgan fingerprint density at radius 3 is 2.65 bits per heavy atom. The zero-order valence-corrected chi connectivity index (χ0v) is 18.6. The molecule has 34 heavy (non-hydrogen) atoms. The lowest BCUT2D eigenvalue weighted by atomic mass is 9.86. The molecule has 2 aromatic heterocycles. The van der Waals surface area contributed by atoms with E-state index in [0.29, 0.717) is 30.7 Å². The molecule has 0 radical (unpaired) electrons. The van der Waals surface area contributed by atoms with Crippen molar-refractivity contribution in [2.24, 2.45) is 5.92 Å². The standard InChI is InChI=1S/C22H21ClF3N5O3/c23-20-19(34-11-13-5-7-15(8-6-13)30-21(32)33)18(27-12-28-20)14-9-29-31(10-14)17-4-2-1-3-16(17)22(24,25)26/h1-4,9-10,12-13,15,30H,5-8,11H2,(H,32,33). The molecule has 3 aromatic rings. The van der Waals surface area contributed by atoms with E-state index in [2.05, 4.69) is 20.4 Å². The summed E-state index contributed by atoms with van der Waals surface area (Å²) in [5, 5.41) is 15.5. The number of amides is 1. The number of nitrogens with zero attached hydrogens (tertiary/aromatic N) is 4. The van der Waals surface area contributed by atoms with Crippen LogP contribution in [0.5, 0.6) is 5.75 Å². The zero-order valence-electron chi connectivity index (χ0n) is 17.8. The highest BCUT2D eigenvalue weighted by atomic mass is 35.5. The molecule has 0 spiro atoms. The van der Waals surface area contributed by atoms with Gasteiger partial charge in [0.2, 0.25) is 0 Å². The third kappa shape index (κ3) is 5.41. The summed E-state index contributed by atoms with van der Waals surface area (Å²) in [6.45, 7) is 0.324. The molecule has 1 aliphatic carbocycles. The van der Waals surface area contributed by atoms with E-state index >= 15 is 0 Å². The van der Waals surface area contributed by atoms with Crippen LogP contribution in [0.1, 0.15) is 31.2 Å². The number of aromatic nitrogens is 4. The first kappa shape index (κ1) is 23.8. The highest BCUT2D eigenvalue weighted by molar-refractivity contribution is 6.31. The minimum Gasteiger partial charge on any atom is -0.488 e. The molecule has 0 atom stereocenters. The molecular weight excluding hydrogens is 475 g/mol. The maximum atomic E-state index is 13.4. The molecule has 1 fully saturated rings. The van der Waals surface area contributed by atoms with Crippen molar-refractivity contribution >= 4 is 17.7 Å². The van der Waals surface area contributed by atoms with Crippen LogP contribution < -0.4 is 10.1 Å². The number of halogens is 4. The summed E-state index contributed by atoms with van der Waals surface area (Å²) in [6.07, 6.45) is 1.46. The molecule has 2 heterocycles. The Hall–Kier alpha value is -3.34. The van der Waals surface area contributed by atoms with Crippen molar-refractivity contribution < 1.29 is 27.8 Å². The van der Waals surface area contributed by atoms with Crippen molar-refractivity contribution in [3.8, 4) is 22.7 Å². The van der Waals surface area contributed by atoms with Crippen molar-refractivity contribution in [3.05, 3.63) is 53.7 Å². The smallest absolute Gasteiger partial charge is 0.418 e. The Kier molecular flexibility index (Phi) is 6.92. The van der Waals surface area contributed by atoms with Crippen molar-refractivity contribution in [1.29, 1.82) is 0 Å². The fourth-order valence-corrected chi connectivity index (χ4v) is 4.21. The molecular formula is C22H21ClF3N5O3. The minimum atomic E-state index is -4.53. The second-order valence-corrected chi connectivity index (χ2v) is 8.37. The molecule has 0 saturated heterocycles. The van der Waals surface area contributed by atoms with Gasteiger partial charge in [-0.25, -0.2) is 19.4 Å². The van der Waals surface area contributed by atoms with Gasteiger partial charge in [-0.2, -0.15) is 18.3 Å². The zero-order chi connectivity index (χ0) is 24.3. The number of hydrogen-bond acceptors (Lipinski definition) is 5. The Morgan fingerprint density at radius 2 is 1.94 bits per heavy atom. The predicted molar refractivity (Wildman–Crippen MR) is 117 cm³/mol. The SMILES string of the molecule is O=C(O)NC1CCC(COc2c(Cl)ncnc2-c2cnn(-c3ccccc3C(F)(F)F)c2)CC1. The van der Waals surface area contributed by atoms with Gasteiger partial charge in [-0.05, 0) is 43.7 Å². The summed E-state index contributed by atoms with van der Waals surface area (Å²) in [5.41, 5.74) is -0.187. The van der Waals surface area contributed by atoms with Crippen molar-refractivity contribution in [2.75, 3.05) is 6.61 Å². The Morgan fingerprint density at radius 1 is 1.21 bits per heavy atom. The van der Waals surface area contributed by atoms with E-state index in [-0.39, 0.29) is 28.5 Å². The first-order valence-corrected chi connectivity index (χ1v) is 10.9. The number of carbonyl (C=O) groups is 1. The van der Waals surface area contributed by atoms with Gasteiger partial charge in [0, 0.05) is 17.8 Å². The second kappa shape index (κ2) is 9.88. The van der Waals surface area contributed by atoms with Gasteiger partial charge in [0.05, 0.1) is 24.1 Å². The molecule has 1 aliphatic rings. The maximum absolute atomic E-state index is 13.4. The second-order valence-electron chi connectivity index (χ2n) is 8.01. The van der Waals surface area contributed by atoms with Crippen LogP contribution in [0.3, 0.4) is 0 Å². The van der Waals surface area contributed by atoms with E-state index < -0.39 is 17.8 Å². The van der Waals surface area contributed by atoms with Gasteiger partial charge in [0.25, 0.3) is 0 Å². The predicted octanol–water partition coefficient (Wildman–Crippen LogP) is 5.21. The van der Waals surface area contributed by atoms with Crippen LogP contribution in [0, 0.1) is 5.92 Å². The summed E-state index contributed by atoms with van der Waals surface area (Å²) < 4.78 is 47.3. The third-order valence-corrected chi connectivity index (χ3v) is 5.98. The average Bonchev–Trinajstić information content (AvgIpc) is 3.28. The van der Waals surface area contributed by atoms with Gasteiger partial charge < -0.3 is 15.2 Å². The summed E-state index contributed by atoms with van der Waals surface area (Å²) in [7, 11) is 0. The first-order valence-electron chi connectivity index (χ1n) is 10.6. The molecule has 1 saturated carbocycles. The normalized spacial score (nSPS) is 18.5. The molecule has 1 aromatic carbocycles. The van der Waals surface area contributed by atoms with Gasteiger partial charge in [-0.1, -0.05) is 23.7 Å². The molecule has 1 amide bonds. The Labute approximate surface area is 197 Å². The molecule has 8 nitrogen and oxygen atoms in total. The molecule has 4 rings (SSSR count). The molecule has 12 heteroatoms. The number of alkyl halides is 3. The van der Waals surface area contributed by atoms with Crippen molar-refractivity contribution in [3.63, 3.8) is 0 Å². The van der Waals surface area contributed by atoms with E-state index in [4.69, 9.17) is 21.4 Å². The van der Waals surface area contributed by atoms with Gasteiger partial charge in [-0.3, -0.25) is 0 Å². The number of nitrogens with one attached hydrogen (secondary N) is 1. The van der Waals surface area contributed by atoms with Gasteiger partial charge in [0.1, 0.15) is 12.0 Å². The van der Waals surface area contributed by atoms with E-state index in [1.54, 1.807) is 0 Å². The van der Waals surface area contributed by atoms with Crippen LogP contribution in [0.4, 0.5) is 18.0 Å². The maximum Gasteiger partial charge on any atom is 0.418 e. The highest BCUT2D eigenvalue weighted by Gasteiger charge is 2.34. The lowest BCUT2D eigenvalue weighted by molar-refractivity contribution is -0.137. The van der Waals surface area contributed by atoms with Crippen molar-refractivity contribution in [2.45, 2.75) is 37.9 Å². The first-order chi connectivity index (χ1) is 16.2. The molecule has 0 aliphatic heterocycles. The number of para-hydroxylation sites is 1. The van der Waals surface area contributed by atoms with E-state index in [1.807, 2.05) is 0 Å². The number of benzene rings is 1. The summed E-state index contributed by atoms with van der Waals surface area (Å²) in [5.74, 6) is 0.413. The number of hydrogen-bond donors (Lipinski definition) is 2. The van der Waals surface area contributed by atoms with Crippen LogP contribution in [-0.4, -0.2) is 43.6 Å². The number of rotatable bonds is 6. The van der Waals surface area contributed by atoms with Gasteiger partial charge in [-0.15, -0.1) is 0 Å². The van der Waals surface area contributed by atoms with Crippen molar-refractivity contribution in [1.82, 2.24) is 25.1 Å². The average molecular weight is 496 g/mol. The number of ether oxygens (including phenoxy) is 1. The quantitative estimate of drug-likeness (QED) is 0.455. The van der Waals surface area contributed by atoms with Crippen LogP contribution in [0.25, 0.3) is 16.9 Å². The van der Waals surface area contributed by atoms with Gasteiger partial charge >= 0.3 is 12.3 Å². The van der Waals surface area contributed by atoms with E-state index in [0.717, 1.165) is 23.6 Å². The van der Waals surface area contributed by atoms with Crippen LogP contribution in [0.15, 0.2) is 43.0 Å².